The highest BCUT2D eigenvalue weighted by Gasteiger charge is 2.21. The van der Waals surface area contributed by atoms with Gasteiger partial charge in [0, 0.05) is 30.9 Å². The van der Waals surface area contributed by atoms with Gasteiger partial charge < -0.3 is 15.5 Å². The van der Waals surface area contributed by atoms with Crippen molar-refractivity contribution >= 4 is 39.9 Å². The van der Waals surface area contributed by atoms with Gasteiger partial charge in [0.1, 0.15) is 5.82 Å². The summed E-state index contributed by atoms with van der Waals surface area (Å²) in [6.07, 6.45) is 9.04. The maximum Gasteiger partial charge on any atom is 0.224 e. The monoisotopic (exact) mass is 414 g/mol. The molecule has 0 spiro atoms. The molecule has 1 unspecified atom stereocenters. The normalized spacial score (nSPS) is 20.8. The Balaban J connectivity index is 1.53. The van der Waals surface area contributed by atoms with E-state index >= 15 is 0 Å². The van der Waals surface area contributed by atoms with Gasteiger partial charge in [-0.3, -0.25) is 4.79 Å². The maximum atomic E-state index is 12.7. The molecule has 1 aliphatic heterocycles. The number of carbonyl (C=O) groups excluding carboxylic acids is 1. The number of pyridine rings is 1. The number of fused-ring (bicyclic) bond motifs is 1. The van der Waals surface area contributed by atoms with E-state index in [0.717, 1.165) is 49.1 Å². The molecule has 29 heavy (non-hydrogen) atoms. The van der Waals surface area contributed by atoms with E-state index in [9.17, 15) is 4.79 Å². The van der Waals surface area contributed by atoms with Crippen molar-refractivity contribution in [2.45, 2.75) is 57.4 Å². The minimum Gasteiger partial charge on any atom is -0.355 e. The van der Waals surface area contributed by atoms with Gasteiger partial charge in [-0.15, -0.1) is 0 Å². The van der Waals surface area contributed by atoms with E-state index in [1.807, 2.05) is 31.3 Å². The Morgan fingerprint density at radius 1 is 1.14 bits per heavy atom. The summed E-state index contributed by atoms with van der Waals surface area (Å²) in [4.78, 5) is 19.9. The summed E-state index contributed by atoms with van der Waals surface area (Å²) in [6.45, 7) is 1.99. The van der Waals surface area contributed by atoms with Gasteiger partial charge in [-0.05, 0) is 62.9 Å². The minimum atomic E-state index is 0.0586. The zero-order valence-corrected chi connectivity index (χ0v) is 18.0. The molecule has 1 saturated heterocycles. The Morgan fingerprint density at radius 2 is 1.97 bits per heavy atom. The van der Waals surface area contributed by atoms with Crippen LogP contribution in [0.5, 0.6) is 0 Å². The summed E-state index contributed by atoms with van der Waals surface area (Å²) in [5.74, 6) is 1.55. The number of likely N-dealkylation sites (N-methyl/N-ethyl adjacent to an activating group) is 1. The largest absolute Gasteiger partial charge is 0.355 e. The van der Waals surface area contributed by atoms with Crippen LogP contribution in [0.4, 0.5) is 11.5 Å². The minimum absolute atomic E-state index is 0.0586. The van der Waals surface area contributed by atoms with Gasteiger partial charge in [-0.1, -0.05) is 30.9 Å². The number of amides is 1. The average molecular weight is 415 g/mol. The topological polar surface area (TPSA) is 57.3 Å². The molecule has 2 N–H and O–H groups in total. The fourth-order valence-electron chi connectivity index (χ4n) is 4.73. The molecule has 2 heterocycles. The van der Waals surface area contributed by atoms with E-state index in [2.05, 4.69) is 15.5 Å². The smallest absolute Gasteiger partial charge is 0.224 e. The lowest BCUT2D eigenvalue weighted by atomic mass is 9.87. The van der Waals surface area contributed by atoms with Crippen LogP contribution in [0, 0.1) is 5.92 Å². The van der Waals surface area contributed by atoms with Gasteiger partial charge in [0.2, 0.25) is 5.91 Å². The molecular weight excluding hydrogens is 384 g/mol. The molecule has 156 valence electrons. The van der Waals surface area contributed by atoms with Crippen molar-refractivity contribution in [3.63, 3.8) is 0 Å². The predicted molar refractivity (Wildman–Crippen MR) is 121 cm³/mol. The quantitative estimate of drug-likeness (QED) is 0.723. The molecule has 2 fully saturated rings. The summed E-state index contributed by atoms with van der Waals surface area (Å²) >= 11 is 6.46. The number of carbonyl (C=O) groups is 1. The summed E-state index contributed by atoms with van der Waals surface area (Å²) in [5.41, 5.74) is 1.56. The fraction of sp³-hybridized carbons (Fsp3) is 0.565. The van der Waals surface area contributed by atoms with Gasteiger partial charge >= 0.3 is 0 Å². The predicted octanol–water partition coefficient (Wildman–Crippen LogP) is 4.99. The van der Waals surface area contributed by atoms with Crippen molar-refractivity contribution in [1.82, 2.24) is 10.3 Å². The number of anilines is 2. The fourth-order valence-corrected chi connectivity index (χ4v) is 4.95. The van der Waals surface area contributed by atoms with Gasteiger partial charge in [-0.25, -0.2) is 4.98 Å². The van der Waals surface area contributed by atoms with Crippen molar-refractivity contribution < 1.29 is 4.79 Å². The molecule has 0 bridgehead atoms. The summed E-state index contributed by atoms with van der Waals surface area (Å²) in [5, 5.41) is 7.93. The Morgan fingerprint density at radius 3 is 2.76 bits per heavy atom. The highest BCUT2D eigenvalue weighted by atomic mass is 35.5. The van der Waals surface area contributed by atoms with E-state index in [-0.39, 0.29) is 5.91 Å². The maximum absolute atomic E-state index is 12.7. The number of hydrogen-bond acceptors (Lipinski definition) is 4. The molecular formula is C23H31ClN4O. The van der Waals surface area contributed by atoms with Crippen LogP contribution in [0.25, 0.3) is 10.9 Å². The highest BCUT2D eigenvalue weighted by molar-refractivity contribution is 6.35. The number of nitrogens with zero attached hydrogens (tertiary/aromatic N) is 2. The van der Waals surface area contributed by atoms with Crippen LogP contribution in [0.1, 0.15) is 51.4 Å². The van der Waals surface area contributed by atoms with E-state index in [1.165, 1.54) is 25.7 Å². The Kier molecular flexibility index (Phi) is 6.56. The SMILES string of the molecule is CNC1CCCN(c2ccc3c(NC(=O)CC4CCCCC4)c(Cl)ccc3n2)C1. The Bertz CT molecular complexity index is 865. The number of rotatable bonds is 5. The standard InChI is InChI=1S/C23H31ClN4O/c1-25-17-8-5-13-28(15-17)21-12-9-18-20(26-21)11-10-19(24)23(18)27-22(29)14-16-6-3-2-4-7-16/h9-12,16-17,25H,2-8,13-15H2,1H3,(H,27,29). The number of piperidine rings is 1. The van der Waals surface area contributed by atoms with Crippen LogP contribution in [-0.2, 0) is 4.79 Å². The second-order valence-electron chi connectivity index (χ2n) is 8.49. The Hall–Kier alpha value is -1.85. The van der Waals surface area contributed by atoms with Crippen molar-refractivity contribution in [3.8, 4) is 0 Å². The first kappa shape index (κ1) is 20.4. The first-order valence-electron chi connectivity index (χ1n) is 11.0. The van der Waals surface area contributed by atoms with E-state index in [1.54, 1.807) is 0 Å². The molecule has 2 aliphatic rings. The lowest BCUT2D eigenvalue weighted by molar-refractivity contribution is -0.117. The van der Waals surface area contributed by atoms with Crippen LogP contribution in [0.2, 0.25) is 5.02 Å². The molecule has 2 aromatic rings. The van der Waals surface area contributed by atoms with Crippen LogP contribution >= 0.6 is 11.6 Å². The molecule has 6 heteroatoms. The summed E-state index contributed by atoms with van der Waals surface area (Å²) < 4.78 is 0. The van der Waals surface area contributed by atoms with Crippen molar-refractivity contribution in [2.75, 3.05) is 30.4 Å². The van der Waals surface area contributed by atoms with Gasteiger partial charge in [0.05, 0.1) is 16.2 Å². The number of benzene rings is 1. The van der Waals surface area contributed by atoms with Crippen LogP contribution in [-0.4, -0.2) is 37.1 Å². The van der Waals surface area contributed by atoms with Crippen molar-refractivity contribution in [1.29, 1.82) is 0 Å². The number of aromatic nitrogens is 1. The third kappa shape index (κ3) is 4.84. The van der Waals surface area contributed by atoms with E-state index in [4.69, 9.17) is 16.6 Å². The van der Waals surface area contributed by atoms with Gasteiger partial charge in [-0.2, -0.15) is 0 Å². The summed E-state index contributed by atoms with van der Waals surface area (Å²) in [7, 11) is 2.02. The molecule has 1 aromatic carbocycles. The third-order valence-electron chi connectivity index (χ3n) is 6.42. The van der Waals surface area contributed by atoms with Gasteiger partial charge in [0.15, 0.2) is 0 Å². The van der Waals surface area contributed by atoms with E-state index in [0.29, 0.717) is 29.1 Å². The van der Waals surface area contributed by atoms with Crippen LogP contribution in [0.3, 0.4) is 0 Å². The lowest BCUT2D eigenvalue weighted by Crippen LogP contribution is -2.44. The molecule has 5 nitrogen and oxygen atoms in total. The molecule has 4 rings (SSSR count). The van der Waals surface area contributed by atoms with Crippen molar-refractivity contribution in [3.05, 3.63) is 29.3 Å². The molecule has 1 aromatic heterocycles. The van der Waals surface area contributed by atoms with E-state index < -0.39 is 0 Å². The molecule has 1 atom stereocenters. The van der Waals surface area contributed by atoms with Crippen molar-refractivity contribution in [2.24, 2.45) is 5.92 Å². The molecule has 1 saturated carbocycles. The first-order valence-corrected chi connectivity index (χ1v) is 11.3. The second-order valence-corrected chi connectivity index (χ2v) is 8.90. The number of halogens is 1. The molecule has 1 amide bonds. The summed E-state index contributed by atoms with van der Waals surface area (Å²) in [6, 6.07) is 8.37. The lowest BCUT2D eigenvalue weighted by Gasteiger charge is -2.33. The molecule has 1 aliphatic carbocycles. The van der Waals surface area contributed by atoms with Crippen LogP contribution in [0.15, 0.2) is 24.3 Å². The number of hydrogen-bond donors (Lipinski definition) is 2. The highest BCUT2D eigenvalue weighted by Crippen LogP contribution is 2.33. The first-order chi connectivity index (χ1) is 14.1. The number of nitrogens with one attached hydrogen (secondary N) is 2. The average Bonchev–Trinajstić information content (AvgIpc) is 2.76. The zero-order chi connectivity index (χ0) is 20.2. The zero-order valence-electron chi connectivity index (χ0n) is 17.2. The third-order valence-corrected chi connectivity index (χ3v) is 6.74. The molecule has 0 radical (unpaired) electrons. The Labute approximate surface area is 178 Å². The van der Waals surface area contributed by atoms with Crippen LogP contribution < -0.4 is 15.5 Å². The van der Waals surface area contributed by atoms with Gasteiger partial charge in [0.25, 0.3) is 0 Å². The second kappa shape index (κ2) is 9.31.